The molecule has 0 bridgehead atoms. The van der Waals surface area contributed by atoms with Gasteiger partial charge in [0.25, 0.3) is 5.69 Å². The zero-order valence-electron chi connectivity index (χ0n) is 9.82. The summed E-state index contributed by atoms with van der Waals surface area (Å²) in [5.74, 6) is 0. The van der Waals surface area contributed by atoms with Crippen LogP contribution in [0.3, 0.4) is 0 Å². The van der Waals surface area contributed by atoms with Crippen LogP contribution in [0.5, 0.6) is 0 Å². The SMILES string of the molecule is C[S@@](=O)c1nncn1Cc1ccc([N+](=O)[O-])cc1Cl. The zero-order chi connectivity index (χ0) is 14.0. The Morgan fingerprint density at radius 2 is 2.26 bits per heavy atom. The molecule has 9 heteroatoms. The van der Waals surface area contributed by atoms with E-state index in [1.165, 1.54) is 24.7 Å². The Morgan fingerprint density at radius 3 is 2.84 bits per heavy atom. The molecule has 2 aromatic rings. The van der Waals surface area contributed by atoms with Crippen LogP contribution in [0.4, 0.5) is 5.69 Å². The van der Waals surface area contributed by atoms with Crippen molar-refractivity contribution in [1.29, 1.82) is 0 Å². The van der Waals surface area contributed by atoms with Crippen molar-refractivity contribution in [2.75, 3.05) is 6.26 Å². The first kappa shape index (κ1) is 13.6. The topological polar surface area (TPSA) is 90.9 Å². The van der Waals surface area contributed by atoms with Gasteiger partial charge < -0.3 is 4.57 Å². The molecule has 1 heterocycles. The first-order valence-corrected chi connectivity index (χ1v) is 7.06. The molecule has 0 aliphatic rings. The molecule has 7 nitrogen and oxygen atoms in total. The summed E-state index contributed by atoms with van der Waals surface area (Å²) in [6.45, 7) is 0.304. The Kier molecular flexibility index (Phi) is 3.91. The van der Waals surface area contributed by atoms with Crippen LogP contribution in [0, 0.1) is 10.1 Å². The van der Waals surface area contributed by atoms with E-state index in [0.717, 1.165) is 0 Å². The first-order chi connectivity index (χ1) is 8.99. The fourth-order valence-electron chi connectivity index (χ4n) is 1.54. The van der Waals surface area contributed by atoms with E-state index in [1.807, 2.05) is 0 Å². The fourth-order valence-corrected chi connectivity index (χ4v) is 2.38. The Hall–Kier alpha value is -1.80. The minimum absolute atomic E-state index is 0.0724. The third-order valence-electron chi connectivity index (χ3n) is 2.43. The molecule has 0 radical (unpaired) electrons. The van der Waals surface area contributed by atoms with E-state index in [4.69, 9.17) is 11.6 Å². The Balaban J connectivity index is 2.31. The molecule has 1 atom stereocenters. The number of aromatic nitrogens is 3. The van der Waals surface area contributed by atoms with Crippen LogP contribution in [0.1, 0.15) is 5.56 Å². The molecule has 0 saturated heterocycles. The van der Waals surface area contributed by atoms with E-state index < -0.39 is 15.7 Å². The molecule has 1 aromatic carbocycles. The predicted octanol–water partition coefficient (Wildman–Crippen LogP) is 1.63. The Labute approximate surface area is 115 Å². The minimum atomic E-state index is -1.26. The van der Waals surface area contributed by atoms with Crippen LogP contribution >= 0.6 is 11.6 Å². The highest BCUT2D eigenvalue weighted by atomic mass is 35.5. The lowest BCUT2D eigenvalue weighted by atomic mass is 10.2. The summed E-state index contributed by atoms with van der Waals surface area (Å²) in [7, 11) is -1.26. The summed E-state index contributed by atoms with van der Waals surface area (Å²) in [5.41, 5.74) is 0.593. The molecular formula is C10H9ClN4O3S. The number of nitrogens with zero attached hydrogens (tertiary/aromatic N) is 4. The molecule has 0 spiro atoms. The highest BCUT2D eigenvalue weighted by molar-refractivity contribution is 7.84. The van der Waals surface area contributed by atoms with E-state index in [0.29, 0.717) is 17.3 Å². The van der Waals surface area contributed by atoms with Crippen LogP contribution in [0.25, 0.3) is 0 Å². The number of nitro benzene ring substituents is 1. The summed E-state index contributed by atoms with van der Waals surface area (Å²) in [4.78, 5) is 10.1. The second kappa shape index (κ2) is 5.45. The summed E-state index contributed by atoms with van der Waals surface area (Å²) in [6.07, 6.45) is 2.94. The molecule has 0 saturated carbocycles. The fraction of sp³-hybridized carbons (Fsp3) is 0.200. The van der Waals surface area contributed by atoms with Gasteiger partial charge in [-0.1, -0.05) is 11.6 Å². The van der Waals surface area contributed by atoms with Crippen molar-refractivity contribution in [1.82, 2.24) is 14.8 Å². The van der Waals surface area contributed by atoms with E-state index in [2.05, 4.69) is 10.2 Å². The molecule has 0 aliphatic carbocycles. The highest BCUT2D eigenvalue weighted by Gasteiger charge is 2.13. The summed E-state index contributed by atoms with van der Waals surface area (Å²) >= 11 is 5.99. The molecule has 0 unspecified atom stereocenters. The van der Waals surface area contributed by atoms with E-state index in [1.54, 1.807) is 10.6 Å². The Bertz CT molecular complexity index is 658. The van der Waals surface area contributed by atoms with Crippen molar-refractivity contribution in [3.05, 3.63) is 45.2 Å². The molecule has 2 rings (SSSR count). The van der Waals surface area contributed by atoms with Gasteiger partial charge in [0.2, 0.25) is 5.16 Å². The largest absolute Gasteiger partial charge is 0.302 e. The standard InChI is InChI=1S/C10H9ClN4O3S/c1-19(18)10-13-12-6-14(10)5-7-2-3-8(15(16)17)4-9(7)11/h2-4,6H,5H2,1H3/t19-/m1/s1. The van der Waals surface area contributed by atoms with Crippen molar-refractivity contribution in [3.8, 4) is 0 Å². The highest BCUT2D eigenvalue weighted by Crippen LogP contribution is 2.23. The Morgan fingerprint density at radius 1 is 1.53 bits per heavy atom. The maximum Gasteiger partial charge on any atom is 0.270 e. The smallest absolute Gasteiger partial charge is 0.270 e. The quantitative estimate of drug-likeness (QED) is 0.632. The minimum Gasteiger partial charge on any atom is -0.302 e. The molecule has 0 fully saturated rings. The van der Waals surface area contributed by atoms with Crippen LogP contribution < -0.4 is 0 Å². The van der Waals surface area contributed by atoms with Gasteiger partial charge in [-0.3, -0.25) is 14.3 Å². The predicted molar refractivity (Wildman–Crippen MR) is 69.6 cm³/mol. The van der Waals surface area contributed by atoms with Crippen LogP contribution in [0.2, 0.25) is 5.02 Å². The van der Waals surface area contributed by atoms with Gasteiger partial charge >= 0.3 is 0 Å². The van der Waals surface area contributed by atoms with Crippen LogP contribution in [-0.4, -0.2) is 30.2 Å². The van der Waals surface area contributed by atoms with E-state index >= 15 is 0 Å². The first-order valence-electron chi connectivity index (χ1n) is 5.13. The third-order valence-corrected chi connectivity index (χ3v) is 3.61. The van der Waals surface area contributed by atoms with Crippen molar-refractivity contribution in [2.24, 2.45) is 0 Å². The number of rotatable bonds is 4. The lowest BCUT2D eigenvalue weighted by Crippen LogP contribution is -2.06. The van der Waals surface area contributed by atoms with Crippen molar-refractivity contribution < 1.29 is 9.13 Å². The zero-order valence-corrected chi connectivity index (χ0v) is 11.4. The average molecular weight is 301 g/mol. The van der Waals surface area contributed by atoms with Crippen molar-refractivity contribution in [2.45, 2.75) is 11.7 Å². The molecule has 0 amide bonds. The lowest BCUT2D eigenvalue weighted by molar-refractivity contribution is -0.384. The molecule has 0 aliphatic heterocycles. The lowest BCUT2D eigenvalue weighted by Gasteiger charge is -2.06. The second-order valence-corrected chi connectivity index (χ2v) is 5.41. The maximum absolute atomic E-state index is 11.4. The van der Waals surface area contributed by atoms with Gasteiger partial charge in [0.1, 0.15) is 6.33 Å². The van der Waals surface area contributed by atoms with Crippen molar-refractivity contribution in [3.63, 3.8) is 0 Å². The van der Waals surface area contributed by atoms with Crippen LogP contribution in [-0.2, 0) is 17.3 Å². The van der Waals surface area contributed by atoms with Gasteiger partial charge in [-0.25, -0.2) is 0 Å². The molecule has 19 heavy (non-hydrogen) atoms. The summed E-state index contributed by atoms with van der Waals surface area (Å²) in [6, 6.07) is 4.21. The number of non-ortho nitro benzene ring substituents is 1. The van der Waals surface area contributed by atoms with Gasteiger partial charge in [0, 0.05) is 18.4 Å². The average Bonchev–Trinajstić information content (AvgIpc) is 2.79. The van der Waals surface area contributed by atoms with E-state index in [9.17, 15) is 14.3 Å². The van der Waals surface area contributed by atoms with Gasteiger partial charge in [-0.2, -0.15) is 0 Å². The van der Waals surface area contributed by atoms with Crippen LogP contribution in [0.15, 0.2) is 29.7 Å². The number of hydrogen-bond donors (Lipinski definition) is 0. The molecular weight excluding hydrogens is 292 g/mol. The molecule has 100 valence electrons. The number of benzene rings is 1. The number of halogens is 1. The van der Waals surface area contributed by atoms with Crippen molar-refractivity contribution >= 4 is 28.1 Å². The van der Waals surface area contributed by atoms with Gasteiger partial charge in [0.05, 0.1) is 27.3 Å². The summed E-state index contributed by atoms with van der Waals surface area (Å²) < 4.78 is 13.0. The van der Waals surface area contributed by atoms with Gasteiger partial charge in [-0.05, 0) is 11.6 Å². The summed E-state index contributed by atoms with van der Waals surface area (Å²) in [5, 5.41) is 18.6. The third kappa shape index (κ3) is 2.96. The number of hydrogen-bond acceptors (Lipinski definition) is 5. The monoisotopic (exact) mass is 300 g/mol. The molecule has 1 aromatic heterocycles. The van der Waals surface area contributed by atoms with E-state index in [-0.39, 0.29) is 10.7 Å². The molecule has 0 N–H and O–H groups in total. The number of nitro groups is 1. The maximum atomic E-state index is 11.4. The van der Waals surface area contributed by atoms with Gasteiger partial charge in [-0.15, -0.1) is 10.2 Å². The normalized spacial score (nSPS) is 12.3. The second-order valence-electron chi connectivity index (χ2n) is 3.73. The van der Waals surface area contributed by atoms with Gasteiger partial charge in [0.15, 0.2) is 0 Å².